The normalized spacial score (nSPS) is 8.53. The van der Waals surface area contributed by atoms with Gasteiger partial charge in [-0.1, -0.05) is 53.7 Å². The van der Waals surface area contributed by atoms with E-state index in [0.29, 0.717) is 17.3 Å². The third-order valence-corrected chi connectivity index (χ3v) is 3.66. The van der Waals surface area contributed by atoms with Crippen molar-refractivity contribution in [3.8, 4) is 12.1 Å². The fourth-order valence-corrected chi connectivity index (χ4v) is 1.85. The zero-order valence-corrected chi connectivity index (χ0v) is 21.7. The standard InChI is InChI=1S/C11H8N4O2.C8H6ClN.C3H2N3O.Na.H2O/c1-14-9-4-2-8(3-5-9)7-17-15-10(6-12)11(13)16;1-10-8-4-2-7(6-9)3-5-8;4-1-2(5)3(6)7;;/h2-5H,7H2,(H2,13,16);2-5H,6H2;(H2,6,7);;1H2/q;;-1;+1;/p-1. The van der Waals surface area contributed by atoms with Crippen LogP contribution in [0.5, 0.6) is 0 Å². The van der Waals surface area contributed by atoms with E-state index in [9.17, 15) is 9.59 Å². The Morgan fingerprint density at radius 2 is 1.39 bits per heavy atom. The number of nitrogens with two attached hydrogens (primary N) is 2. The van der Waals surface area contributed by atoms with Crippen LogP contribution >= 0.6 is 11.6 Å². The van der Waals surface area contributed by atoms with E-state index in [1.54, 1.807) is 36.4 Å². The number of amides is 2. The molecule has 0 radical (unpaired) electrons. The molecule has 0 atom stereocenters. The van der Waals surface area contributed by atoms with Gasteiger partial charge in [-0.15, -0.1) is 11.6 Å². The number of halogens is 1. The maximum atomic E-state index is 10.6. The molecule has 0 spiro atoms. The number of oxime groups is 1. The Morgan fingerprint density at radius 3 is 1.67 bits per heavy atom. The Kier molecular flexibility index (Phi) is 21.5. The van der Waals surface area contributed by atoms with E-state index in [1.165, 1.54) is 6.07 Å². The second kappa shape index (κ2) is 21.3. The Morgan fingerprint density at radius 1 is 0.944 bits per heavy atom. The molecule has 0 aliphatic heterocycles. The number of benzene rings is 2. The summed E-state index contributed by atoms with van der Waals surface area (Å²) >= 11 is 5.54. The molecule has 36 heavy (non-hydrogen) atoms. The summed E-state index contributed by atoms with van der Waals surface area (Å²) in [7, 11) is 0. The van der Waals surface area contributed by atoms with Crippen molar-refractivity contribution in [3.05, 3.63) is 87.9 Å². The molecule has 5 N–H and O–H groups in total. The van der Waals surface area contributed by atoms with Crippen LogP contribution in [0.25, 0.3) is 15.1 Å². The van der Waals surface area contributed by atoms with Gasteiger partial charge in [0.25, 0.3) is 5.91 Å². The molecule has 0 saturated carbocycles. The van der Waals surface area contributed by atoms with E-state index in [0.717, 1.165) is 17.2 Å². The number of primary amides is 2. The van der Waals surface area contributed by atoms with Crippen molar-refractivity contribution < 1.29 is 49.5 Å². The number of carbonyl (C=O) groups excluding carboxylic acids is 2. The van der Waals surface area contributed by atoms with Gasteiger partial charge in [0.2, 0.25) is 11.6 Å². The summed E-state index contributed by atoms with van der Waals surface area (Å²) in [5, 5.41) is 27.5. The maximum absolute atomic E-state index is 10.6. The molecule has 0 bridgehead atoms. The molecule has 0 aliphatic rings. The number of alkyl halides is 1. The molecule has 0 unspecified atom stereocenters. The minimum absolute atomic E-state index is 0. The molecular formula is C22H17ClN8NaO4-. The van der Waals surface area contributed by atoms with Crippen molar-refractivity contribution >= 4 is 46.2 Å². The molecular weight excluding hydrogens is 499 g/mol. The SMILES string of the molecule is N#CC(=[N-])C(N)=O.[C-]#[N+]c1ccc(CCl)cc1.[C-]#[N+]c1ccc(CON=C(C#N)C(N)=O)cc1.[Na+].[OH-]. The summed E-state index contributed by atoms with van der Waals surface area (Å²) in [4.78, 5) is 31.5. The van der Waals surface area contributed by atoms with Gasteiger partial charge >= 0.3 is 29.6 Å². The monoisotopic (exact) mass is 515 g/mol. The molecule has 14 heteroatoms. The average molecular weight is 516 g/mol. The topological polar surface area (TPSA) is 216 Å². The van der Waals surface area contributed by atoms with Gasteiger partial charge in [-0.2, -0.15) is 10.5 Å². The van der Waals surface area contributed by atoms with Crippen molar-refractivity contribution in [3.63, 3.8) is 0 Å². The van der Waals surface area contributed by atoms with Crippen LogP contribution < -0.4 is 41.0 Å². The van der Waals surface area contributed by atoms with Gasteiger partial charge in [0, 0.05) is 5.88 Å². The smallest absolute Gasteiger partial charge is 0.870 e. The summed E-state index contributed by atoms with van der Waals surface area (Å²) in [5.41, 5.74) is 10.8. The quantitative estimate of drug-likeness (QED) is 0.176. The average Bonchev–Trinajstić information content (AvgIpc) is 2.87. The first kappa shape index (κ1) is 36.3. The van der Waals surface area contributed by atoms with Crippen molar-refractivity contribution in [1.82, 2.24) is 0 Å². The molecule has 0 saturated heterocycles. The minimum Gasteiger partial charge on any atom is -0.870 e. The van der Waals surface area contributed by atoms with Gasteiger partial charge in [-0.25, -0.2) is 9.69 Å². The van der Waals surface area contributed by atoms with Crippen LogP contribution in [0.3, 0.4) is 0 Å². The predicted molar refractivity (Wildman–Crippen MR) is 127 cm³/mol. The minimum atomic E-state index is -1.09. The first-order chi connectivity index (χ1) is 16.2. The molecule has 0 aromatic heterocycles. The maximum Gasteiger partial charge on any atom is 1.00 e. The zero-order valence-electron chi connectivity index (χ0n) is 18.9. The molecule has 178 valence electrons. The van der Waals surface area contributed by atoms with Crippen LogP contribution in [0.15, 0.2) is 53.7 Å². The van der Waals surface area contributed by atoms with E-state index < -0.39 is 23.2 Å². The van der Waals surface area contributed by atoms with Gasteiger partial charge in [0.1, 0.15) is 12.7 Å². The van der Waals surface area contributed by atoms with Gasteiger partial charge in [-0.05, 0) is 16.8 Å². The van der Waals surface area contributed by atoms with Crippen LogP contribution in [0.2, 0.25) is 0 Å². The van der Waals surface area contributed by atoms with Crippen LogP contribution in [-0.2, 0) is 26.9 Å². The zero-order chi connectivity index (χ0) is 25.9. The van der Waals surface area contributed by atoms with Crippen LogP contribution in [-0.4, -0.2) is 28.7 Å². The van der Waals surface area contributed by atoms with E-state index >= 15 is 0 Å². The summed E-state index contributed by atoms with van der Waals surface area (Å²) < 4.78 is 0. The fourth-order valence-electron chi connectivity index (χ4n) is 1.67. The Bertz CT molecular complexity index is 1210. The third-order valence-electron chi connectivity index (χ3n) is 3.35. The molecule has 0 heterocycles. The van der Waals surface area contributed by atoms with Gasteiger partial charge < -0.3 is 27.2 Å². The Hall–Kier alpha value is -4.27. The van der Waals surface area contributed by atoms with E-state index in [1.807, 2.05) is 12.1 Å². The second-order valence-electron chi connectivity index (χ2n) is 5.70. The number of rotatable bonds is 6. The predicted octanol–water partition coefficient (Wildman–Crippen LogP) is -0.0721. The van der Waals surface area contributed by atoms with Crippen LogP contribution in [0.1, 0.15) is 11.1 Å². The summed E-state index contributed by atoms with van der Waals surface area (Å²) in [6, 6.07) is 16.6. The molecule has 12 nitrogen and oxygen atoms in total. The Labute approximate surface area is 234 Å². The van der Waals surface area contributed by atoms with Crippen molar-refractivity contribution in [2.24, 2.45) is 16.6 Å². The van der Waals surface area contributed by atoms with Crippen LogP contribution in [0.4, 0.5) is 11.4 Å². The van der Waals surface area contributed by atoms with E-state index in [2.05, 4.69) is 20.6 Å². The van der Waals surface area contributed by atoms with E-state index in [-0.39, 0.29) is 41.6 Å². The number of hydrogen-bond acceptors (Lipinski definition) is 7. The number of nitrogens with zero attached hydrogens (tertiary/aromatic N) is 6. The third kappa shape index (κ3) is 15.5. The summed E-state index contributed by atoms with van der Waals surface area (Å²) in [6.45, 7) is 13.5. The first-order valence-electron chi connectivity index (χ1n) is 8.86. The van der Waals surface area contributed by atoms with E-state index in [4.69, 9.17) is 51.2 Å². The largest absolute Gasteiger partial charge is 1.00 e. The van der Waals surface area contributed by atoms with Gasteiger partial charge in [0.05, 0.1) is 19.2 Å². The number of hydrogen-bond donors (Lipinski definition) is 2. The molecule has 2 aromatic carbocycles. The van der Waals surface area contributed by atoms with Gasteiger partial charge in [-0.3, -0.25) is 9.59 Å². The number of carbonyl (C=O) groups is 2. The Balaban J connectivity index is -0.000000490. The first-order valence-corrected chi connectivity index (χ1v) is 9.40. The molecule has 2 amide bonds. The molecule has 0 aliphatic carbocycles. The van der Waals surface area contributed by atoms with Crippen molar-refractivity contribution in [1.29, 1.82) is 10.5 Å². The van der Waals surface area contributed by atoms with Crippen molar-refractivity contribution in [2.75, 3.05) is 0 Å². The number of nitriles is 2. The summed E-state index contributed by atoms with van der Waals surface area (Å²) in [5.74, 6) is -1.52. The summed E-state index contributed by atoms with van der Waals surface area (Å²) in [6.07, 6.45) is 0. The molecule has 0 fully saturated rings. The van der Waals surface area contributed by atoms with Crippen molar-refractivity contribution in [2.45, 2.75) is 12.5 Å². The van der Waals surface area contributed by atoms with Gasteiger partial charge in [0.15, 0.2) is 11.4 Å². The fraction of sp³-hybridized carbons (Fsp3) is 0.0909. The molecule has 2 aromatic rings. The van der Waals surface area contributed by atoms with Crippen LogP contribution in [0, 0.1) is 35.8 Å². The second-order valence-corrected chi connectivity index (χ2v) is 5.97. The molecule has 2 rings (SSSR count).